The summed E-state index contributed by atoms with van der Waals surface area (Å²) >= 11 is 0. The van der Waals surface area contributed by atoms with Crippen molar-refractivity contribution < 1.29 is 18.2 Å². The molecule has 0 radical (unpaired) electrons. The SMILES string of the molecule is CC(C)CN(CCNC(=O)OC(C)(C)C)S(=O)c1ccc2occc2c1. The van der Waals surface area contributed by atoms with E-state index in [2.05, 4.69) is 19.2 Å². The zero-order chi connectivity index (χ0) is 19.3. The first-order chi connectivity index (χ1) is 12.2. The highest BCUT2D eigenvalue weighted by molar-refractivity contribution is 7.82. The van der Waals surface area contributed by atoms with Crippen molar-refractivity contribution in [2.24, 2.45) is 5.92 Å². The predicted octanol–water partition coefficient (Wildman–Crippen LogP) is 3.94. The second-order valence-electron chi connectivity index (χ2n) is 7.58. The molecule has 7 heteroatoms. The van der Waals surface area contributed by atoms with Crippen molar-refractivity contribution in [3.05, 3.63) is 30.5 Å². The molecule has 26 heavy (non-hydrogen) atoms. The lowest BCUT2D eigenvalue weighted by Gasteiger charge is -2.24. The molecule has 0 spiro atoms. The number of benzene rings is 1. The van der Waals surface area contributed by atoms with E-state index in [0.29, 0.717) is 25.6 Å². The fourth-order valence-corrected chi connectivity index (χ4v) is 3.85. The number of amides is 1. The summed E-state index contributed by atoms with van der Waals surface area (Å²) < 4.78 is 25.4. The lowest BCUT2D eigenvalue weighted by molar-refractivity contribution is 0.0525. The highest BCUT2D eigenvalue weighted by Crippen LogP contribution is 2.21. The van der Waals surface area contributed by atoms with Crippen molar-refractivity contribution in [1.82, 2.24) is 9.62 Å². The van der Waals surface area contributed by atoms with Gasteiger partial charge < -0.3 is 14.5 Å². The van der Waals surface area contributed by atoms with Crippen LogP contribution < -0.4 is 5.32 Å². The van der Waals surface area contributed by atoms with E-state index < -0.39 is 22.7 Å². The van der Waals surface area contributed by atoms with E-state index in [4.69, 9.17) is 9.15 Å². The van der Waals surface area contributed by atoms with Gasteiger partial charge in [-0.05, 0) is 51.0 Å². The van der Waals surface area contributed by atoms with Crippen LogP contribution >= 0.6 is 0 Å². The van der Waals surface area contributed by atoms with E-state index in [1.807, 2.05) is 49.3 Å². The van der Waals surface area contributed by atoms with Crippen LogP contribution in [0.3, 0.4) is 0 Å². The molecule has 0 saturated carbocycles. The number of ether oxygens (including phenoxy) is 1. The zero-order valence-electron chi connectivity index (χ0n) is 16.1. The average Bonchev–Trinajstić information content (AvgIpc) is 2.98. The minimum Gasteiger partial charge on any atom is -0.464 e. The Morgan fingerprint density at radius 3 is 2.69 bits per heavy atom. The van der Waals surface area contributed by atoms with Crippen molar-refractivity contribution in [3.8, 4) is 0 Å². The molecule has 1 N–H and O–H groups in total. The van der Waals surface area contributed by atoms with Gasteiger partial charge in [-0.2, -0.15) is 0 Å². The molecule has 0 fully saturated rings. The van der Waals surface area contributed by atoms with Crippen molar-refractivity contribution in [1.29, 1.82) is 0 Å². The maximum Gasteiger partial charge on any atom is 0.407 e. The summed E-state index contributed by atoms with van der Waals surface area (Å²) in [6.45, 7) is 11.1. The molecule has 1 aromatic heterocycles. The van der Waals surface area contributed by atoms with E-state index in [1.165, 1.54) is 0 Å². The van der Waals surface area contributed by atoms with Crippen LogP contribution in [0.25, 0.3) is 11.0 Å². The number of hydrogen-bond donors (Lipinski definition) is 1. The van der Waals surface area contributed by atoms with Gasteiger partial charge in [0.1, 0.15) is 22.2 Å². The van der Waals surface area contributed by atoms with Gasteiger partial charge in [-0.25, -0.2) is 13.3 Å². The molecule has 0 saturated heterocycles. The first kappa shape index (κ1) is 20.5. The van der Waals surface area contributed by atoms with Crippen LogP contribution in [0.15, 0.2) is 39.8 Å². The summed E-state index contributed by atoms with van der Waals surface area (Å²) in [4.78, 5) is 12.5. The Kier molecular flexibility index (Phi) is 6.83. The van der Waals surface area contributed by atoms with Crippen LogP contribution in [-0.2, 0) is 15.7 Å². The predicted molar refractivity (Wildman–Crippen MR) is 103 cm³/mol. The van der Waals surface area contributed by atoms with Crippen molar-refractivity contribution >= 4 is 28.0 Å². The molecule has 144 valence electrons. The first-order valence-corrected chi connectivity index (χ1v) is 9.87. The van der Waals surface area contributed by atoms with Gasteiger partial charge >= 0.3 is 6.09 Å². The van der Waals surface area contributed by atoms with Gasteiger partial charge in [0.15, 0.2) is 0 Å². The van der Waals surface area contributed by atoms with Gasteiger partial charge in [-0.1, -0.05) is 13.8 Å². The zero-order valence-corrected chi connectivity index (χ0v) is 16.9. The number of carbonyl (C=O) groups excluding carboxylic acids is 1. The number of alkyl carbamates (subject to hydrolysis) is 1. The Bertz CT molecular complexity index is 764. The van der Waals surface area contributed by atoms with Crippen LogP contribution in [0.4, 0.5) is 4.79 Å². The molecule has 0 aliphatic carbocycles. The lowest BCUT2D eigenvalue weighted by Crippen LogP contribution is -2.39. The van der Waals surface area contributed by atoms with Gasteiger partial charge in [-0.3, -0.25) is 0 Å². The number of fused-ring (bicyclic) bond motifs is 1. The molecule has 0 aliphatic heterocycles. The van der Waals surface area contributed by atoms with Crippen LogP contribution in [0.2, 0.25) is 0 Å². The monoisotopic (exact) mass is 380 g/mol. The molecule has 2 aromatic rings. The van der Waals surface area contributed by atoms with Gasteiger partial charge in [0.2, 0.25) is 0 Å². The summed E-state index contributed by atoms with van der Waals surface area (Å²) in [5.74, 6) is 0.345. The second-order valence-corrected chi connectivity index (χ2v) is 9.07. The minimum atomic E-state index is -1.32. The number of rotatable bonds is 7. The lowest BCUT2D eigenvalue weighted by atomic mass is 10.2. The van der Waals surface area contributed by atoms with Crippen LogP contribution in [0, 0.1) is 5.92 Å². The van der Waals surface area contributed by atoms with Crippen molar-refractivity contribution in [3.63, 3.8) is 0 Å². The van der Waals surface area contributed by atoms with Crippen LogP contribution in [-0.4, -0.2) is 39.8 Å². The van der Waals surface area contributed by atoms with E-state index in [-0.39, 0.29) is 0 Å². The number of furan rings is 1. The quantitative estimate of drug-likeness (QED) is 0.790. The summed E-state index contributed by atoms with van der Waals surface area (Å²) in [5.41, 5.74) is 0.234. The Morgan fingerprint density at radius 1 is 1.31 bits per heavy atom. The number of nitrogens with one attached hydrogen (secondary N) is 1. The van der Waals surface area contributed by atoms with E-state index >= 15 is 0 Å². The molecule has 1 aromatic carbocycles. The smallest absolute Gasteiger partial charge is 0.407 e. The summed E-state index contributed by atoms with van der Waals surface area (Å²) in [7, 11) is -1.32. The molecule has 6 nitrogen and oxygen atoms in total. The Morgan fingerprint density at radius 2 is 2.04 bits per heavy atom. The number of carbonyl (C=O) groups is 1. The summed E-state index contributed by atoms with van der Waals surface area (Å²) in [6, 6.07) is 7.38. The molecular formula is C19H28N2O4S. The second kappa shape index (κ2) is 8.68. The fourth-order valence-electron chi connectivity index (χ4n) is 2.45. The minimum absolute atomic E-state index is 0.345. The molecule has 1 amide bonds. The third-order valence-electron chi connectivity index (χ3n) is 3.46. The fraction of sp³-hybridized carbons (Fsp3) is 0.526. The van der Waals surface area contributed by atoms with Crippen LogP contribution in [0.1, 0.15) is 34.6 Å². The van der Waals surface area contributed by atoms with Gasteiger partial charge in [0.25, 0.3) is 0 Å². The third kappa shape index (κ3) is 6.14. The Hall–Kier alpha value is -1.86. The standard InChI is InChI=1S/C19H28N2O4S/c1-14(2)13-21(10-9-20-18(22)25-19(3,4)5)26(23)16-6-7-17-15(12-16)8-11-24-17/h6-8,11-12,14H,9-10,13H2,1-5H3,(H,20,22). The first-order valence-electron chi connectivity index (χ1n) is 8.76. The molecule has 1 atom stereocenters. The van der Waals surface area contributed by atoms with E-state index in [0.717, 1.165) is 15.9 Å². The molecule has 1 unspecified atom stereocenters. The van der Waals surface area contributed by atoms with E-state index in [9.17, 15) is 9.00 Å². The maximum atomic E-state index is 13.0. The van der Waals surface area contributed by atoms with Gasteiger partial charge in [0.05, 0.1) is 11.2 Å². The topological polar surface area (TPSA) is 71.8 Å². The Balaban J connectivity index is 2.01. The highest BCUT2D eigenvalue weighted by Gasteiger charge is 2.19. The molecule has 0 bridgehead atoms. The molecule has 1 heterocycles. The van der Waals surface area contributed by atoms with Crippen molar-refractivity contribution in [2.75, 3.05) is 19.6 Å². The van der Waals surface area contributed by atoms with E-state index in [1.54, 1.807) is 6.26 Å². The number of hydrogen-bond acceptors (Lipinski definition) is 4. The van der Waals surface area contributed by atoms with Crippen LogP contribution in [0.5, 0.6) is 0 Å². The number of nitrogens with zero attached hydrogens (tertiary/aromatic N) is 1. The normalized spacial score (nSPS) is 13.3. The summed E-state index contributed by atoms with van der Waals surface area (Å²) in [6.07, 6.45) is 1.15. The average molecular weight is 381 g/mol. The Labute approximate surface area is 157 Å². The summed E-state index contributed by atoms with van der Waals surface area (Å²) in [5, 5.41) is 3.65. The van der Waals surface area contributed by atoms with Gasteiger partial charge in [0, 0.05) is 25.0 Å². The molecular weight excluding hydrogens is 352 g/mol. The highest BCUT2D eigenvalue weighted by atomic mass is 32.2. The molecule has 2 rings (SSSR count). The maximum absolute atomic E-state index is 13.0. The molecule has 0 aliphatic rings. The van der Waals surface area contributed by atoms with Crippen molar-refractivity contribution in [2.45, 2.75) is 45.1 Å². The largest absolute Gasteiger partial charge is 0.464 e. The van der Waals surface area contributed by atoms with Gasteiger partial charge in [-0.15, -0.1) is 0 Å². The third-order valence-corrected chi connectivity index (χ3v) is 4.92.